The predicted molar refractivity (Wildman–Crippen MR) is 114 cm³/mol. The molecule has 0 spiro atoms. The Bertz CT molecular complexity index is 949. The van der Waals surface area contributed by atoms with Crippen molar-refractivity contribution in [3.8, 4) is 11.8 Å². The van der Waals surface area contributed by atoms with Gasteiger partial charge >= 0.3 is 7.60 Å². The predicted octanol–water partition coefficient (Wildman–Crippen LogP) is 1.79. The van der Waals surface area contributed by atoms with Crippen LogP contribution in [0.1, 0.15) is 71.2 Å². The number of hydrogen-bond acceptors (Lipinski definition) is 7. The van der Waals surface area contributed by atoms with Crippen molar-refractivity contribution in [2.24, 2.45) is 0 Å². The highest BCUT2D eigenvalue weighted by molar-refractivity contribution is 7.54. The molecule has 0 amide bonds. The van der Waals surface area contributed by atoms with E-state index in [2.05, 4.69) is 16.8 Å². The number of aromatic amines is 1. The lowest BCUT2D eigenvalue weighted by atomic mass is 9.92. The van der Waals surface area contributed by atoms with Gasteiger partial charge in [0.25, 0.3) is 0 Å². The molecule has 31 heavy (non-hydrogen) atoms. The summed E-state index contributed by atoms with van der Waals surface area (Å²) in [6.07, 6.45) is -4.22. The van der Waals surface area contributed by atoms with Gasteiger partial charge in [0.1, 0.15) is 18.3 Å². The van der Waals surface area contributed by atoms with E-state index in [9.17, 15) is 29.6 Å². The summed E-state index contributed by atoms with van der Waals surface area (Å²) in [5.41, 5.74) is -0.885. The summed E-state index contributed by atoms with van der Waals surface area (Å²) in [4.78, 5) is 24.6. The van der Waals surface area contributed by atoms with Crippen molar-refractivity contribution in [2.75, 3.05) is 0 Å². The van der Waals surface area contributed by atoms with Crippen molar-refractivity contribution in [1.29, 1.82) is 0 Å². The van der Waals surface area contributed by atoms with Gasteiger partial charge < -0.3 is 34.5 Å². The Kier molecular flexibility index (Phi) is 7.94. The van der Waals surface area contributed by atoms with Crippen LogP contribution in [0.15, 0.2) is 16.9 Å². The minimum atomic E-state index is -4.42. The molecule has 7 unspecified atom stereocenters. The first kappa shape index (κ1) is 25.8. The number of pyridine rings is 1. The second kappa shape index (κ2) is 9.55. The molecule has 2 heterocycles. The van der Waals surface area contributed by atoms with Gasteiger partial charge in [-0.1, -0.05) is 19.8 Å². The normalized spacial score (nSPS) is 29.3. The van der Waals surface area contributed by atoms with Crippen molar-refractivity contribution < 1.29 is 34.0 Å². The summed E-state index contributed by atoms with van der Waals surface area (Å²) >= 11 is 0. The Morgan fingerprint density at radius 1 is 1.23 bits per heavy atom. The Morgan fingerprint density at radius 3 is 2.42 bits per heavy atom. The van der Waals surface area contributed by atoms with Gasteiger partial charge in [-0.15, -0.1) is 0 Å². The number of aromatic nitrogens is 1. The van der Waals surface area contributed by atoms with E-state index in [1.54, 1.807) is 27.7 Å². The fourth-order valence-electron chi connectivity index (χ4n) is 3.39. The number of H-pyrrole nitrogens is 1. The van der Waals surface area contributed by atoms with Gasteiger partial charge in [-0.2, -0.15) is 0 Å². The molecule has 0 radical (unpaired) electrons. The SMILES string of the molecule is CC#Cc1[nH]c(=O)ccc1C1OC(CC(C)(CC)OP(=O)(O)C(C)(O)CC)C(O)C1O. The molecule has 174 valence electrons. The molecule has 0 aliphatic carbocycles. The van der Waals surface area contributed by atoms with Crippen LogP contribution in [-0.4, -0.2) is 54.5 Å². The molecule has 0 bridgehead atoms. The molecule has 10 heteroatoms. The molecule has 9 nitrogen and oxygen atoms in total. The molecule has 5 N–H and O–H groups in total. The lowest BCUT2D eigenvalue weighted by molar-refractivity contribution is -0.0531. The summed E-state index contributed by atoms with van der Waals surface area (Å²) in [6.45, 7) is 7.73. The number of hydrogen-bond donors (Lipinski definition) is 5. The third-order valence-corrected chi connectivity index (χ3v) is 8.10. The van der Waals surface area contributed by atoms with Crippen LogP contribution < -0.4 is 5.56 Å². The molecular weight excluding hydrogens is 425 g/mol. The Hall–Kier alpha value is -1.50. The van der Waals surface area contributed by atoms with Crippen LogP contribution in [0.25, 0.3) is 0 Å². The topological polar surface area (TPSA) is 149 Å². The number of aliphatic hydroxyl groups is 3. The minimum absolute atomic E-state index is 0.0113. The van der Waals surface area contributed by atoms with E-state index >= 15 is 0 Å². The van der Waals surface area contributed by atoms with Gasteiger partial charge in [0.05, 0.1) is 17.4 Å². The number of ether oxygens (including phenoxy) is 1. The highest BCUT2D eigenvalue weighted by Crippen LogP contribution is 2.59. The molecule has 1 aromatic rings. The van der Waals surface area contributed by atoms with E-state index in [0.717, 1.165) is 0 Å². The highest BCUT2D eigenvalue weighted by Gasteiger charge is 2.50. The van der Waals surface area contributed by atoms with E-state index < -0.39 is 43.0 Å². The van der Waals surface area contributed by atoms with Crippen LogP contribution in [0.4, 0.5) is 0 Å². The summed E-state index contributed by atoms with van der Waals surface area (Å²) in [7, 11) is -4.42. The third kappa shape index (κ3) is 5.47. The van der Waals surface area contributed by atoms with E-state index in [1.165, 1.54) is 19.1 Å². The molecular formula is C21H32NO8P. The molecule has 2 rings (SSSR count). The lowest BCUT2D eigenvalue weighted by Gasteiger charge is -2.37. The molecule has 7 atom stereocenters. The number of nitrogens with one attached hydrogen (secondary N) is 1. The average Bonchev–Trinajstić information content (AvgIpc) is 2.96. The van der Waals surface area contributed by atoms with E-state index in [4.69, 9.17) is 9.26 Å². The summed E-state index contributed by atoms with van der Waals surface area (Å²) in [6, 6.07) is 2.76. The van der Waals surface area contributed by atoms with Crippen molar-refractivity contribution >= 4 is 7.60 Å². The van der Waals surface area contributed by atoms with Crippen LogP contribution in [0.2, 0.25) is 0 Å². The van der Waals surface area contributed by atoms with Gasteiger partial charge in [0, 0.05) is 18.1 Å². The summed E-state index contributed by atoms with van der Waals surface area (Å²) in [5, 5.41) is 29.6. The Balaban J connectivity index is 2.29. The maximum Gasteiger partial charge on any atom is 0.359 e. The molecule has 0 aromatic carbocycles. The second-order valence-electron chi connectivity index (χ2n) is 8.29. The van der Waals surface area contributed by atoms with E-state index in [0.29, 0.717) is 5.56 Å². The zero-order valence-corrected chi connectivity index (χ0v) is 19.3. The van der Waals surface area contributed by atoms with Crippen LogP contribution in [-0.2, 0) is 13.8 Å². The quantitative estimate of drug-likeness (QED) is 0.293. The summed E-state index contributed by atoms with van der Waals surface area (Å²) in [5.74, 6) is 5.44. The van der Waals surface area contributed by atoms with Crippen molar-refractivity contribution in [1.82, 2.24) is 4.98 Å². The molecule has 1 fully saturated rings. The average molecular weight is 457 g/mol. The van der Waals surface area contributed by atoms with E-state index in [-0.39, 0.29) is 30.5 Å². The maximum absolute atomic E-state index is 12.7. The van der Waals surface area contributed by atoms with Crippen LogP contribution in [0.3, 0.4) is 0 Å². The first-order valence-corrected chi connectivity index (χ1v) is 11.8. The van der Waals surface area contributed by atoms with Gasteiger partial charge in [-0.05, 0) is 45.6 Å². The fourth-order valence-corrected chi connectivity index (χ4v) is 4.79. The largest absolute Gasteiger partial charge is 0.388 e. The molecule has 1 aliphatic rings. The van der Waals surface area contributed by atoms with Gasteiger partial charge in [0.15, 0.2) is 5.34 Å². The monoisotopic (exact) mass is 457 g/mol. The van der Waals surface area contributed by atoms with Gasteiger partial charge in [0.2, 0.25) is 5.56 Å². The van der Waals surface area contributed by atoms with Gasteiger partial charge in [-0.3, -0.25) is 9.36 Å². The number of rotatable bonds is 8. The zero-order chi connectivity index (χ0) is 23.6. The minimum Gasteiger partial charge on any atom is -0.388 e. The molecule has 0 saturated carbocycles. The molecule has 1 aromatic heterocycles. The molecule has 1 saturated heterocycles. The number of aliphatic hydroxyl groups excluding tert-OH is 2. The van der Waals surface area contributed by atoms with Crippen LogP contribution >= 0.6 is 7.60 Å². The van der Waals surface area contributed by atoms with E-state index in [1.807, 2.05) is 0 Å². The lowest BCUT2D eigenvalue weighted by Crippen LogP contribution is -2.40. The standard InChI is InChI=1S/C21H32NO8P/c1-6-9-14-13(10-11-16(23)22-14)19-18(25)17(24)15(29-19)12-20(4,7-2)30-31(27,28)21(5,26)8-3/h10-11,15,17-19,24-26H,7-8,12H2,1-5H3,(H,22,23)(H,27,28). The highest BCUT2D eigenvalue weighted by atomic mass is 31.2. The Morgan fingerprint density at radius 2 is 1.87 bits per heavy atom. The maximum atomic E-state index is 12.7. The van der Waals surface area contributed by atoms with Gasteiger partial charge in [-0.25, -0.2) is 0 Å². The van der Waals surface area contributed by atoms with Crippen LogP contribution in [0, 0.1) is 11.8 Å². The van der Waals surface area contributed by atoms with Crippen molar-refractivity contribution in [2.45, 2.75) is 89.2 Å². The first-order chi connectivity index (χ1) is 14.3. The second-order valence-corrected chi connectivity index (χ2v) is 10.5. The smallest absolute Gasteiger partial charge is 0.359 e. The fraction of sp³-hybridized carbons (Fsp3) is 0.667. The van der Waals surface area contributed by atoms with Crippen LogP contribution in [0.5, 0.6) is 0 Å². The first-order valence-electron chi connectivity index (χ1n) is 10.2. The summed E-state index contributed by atoms with van der Waals surface area (Å²) < 4.78 is 24.1. The molecule has 1 aliphatic heterocycles. The van der Waals surface area contributed by atoms with Crippen molar-refractivity contribution in [3.05, 3.63) is 33.7 Å². The third-order valence-electron chi connectivity index (χ3n) is 5.87. The Labute approximate surface area is 182 Å². The zero-order valence-electron chi connectivity index (χ0n) is 18.5. The van der Waals surface area contributed by atoms with Crippen molar-refractivity contribution in [3.63, 3.8) is 0 Å².